The molecule has 8 heteroatoms. The van der Waals surface area contributed by atoms with Crippen molar-refractivity contribution in [3.63, 3.8) is 0 Å². The Hall–Kier alpha value is -2.06. The molecule has 0 saturated carbocycles. The molecule has 7 nitrogen and oxygen atoms in total. The SMILES string of the molecule is O=S(=O)(c1cnc2n1CCC2)N1CCC2(C1)Oc1ccccc1O2. The molecule has 0 unspecified atom stereocenters. The lowest BCUT2D eigenvalue weighted by Crippen LogP contribution is -2.43. The molecule has 5 rings (SSSR count). The number of aryl methyl sites for hydroxylation is 1. The predicted molar refractivity (Wildman–Crippen MR) is 84.4 cm³/mol. The van der Waals surface area contributed by atoms with Crippen LogP contribution < -0.4 is 9.47 Å². The number of rotatable bonds is 2. The standard InChI is InChI=1S/C16H17N3O4S/c20-24(21,15-10-17-14-6-3-8-19(14)15)18-9-7-16(11-18)22-12-4-1-2-5-13(12)23-16/h1-2,4-5,10H,3,6-9,11H2. The van der Waals surface area contributed by atoms with Gasteiger partial charge < -0.3 is 14.0 Å². The average Bonchev–Trinajstić information content (AvgIpc) is 3.28. The molecule has 4 heterocycles. The predicted octanol–water partition coefficient (Wildman–Crippen LogP) is 1.39. The van der Waals surface area contributed by atoms with E-state index in [0.717, 1.165) is 18.7 Å². The monoisotopic (exact) mass is 347 g/mol. The van der Waals surface area contributed by atoms with Gasteiger partial charge in [0.2, 0.25) is 0 Å². The molecule has 2 aromatic rings. The van der Waals surface area contributed by atoms with Crippen LogP contribution in [0.2, 0.25) is 0 Å². The van der Waals surface area contributed by atoms with Crippen molar-refractivity contribution >= 4 is 10.0 Å². The number of ether oxygens (including phenoxy) is 2. The summed E-state index contributed by atoms with van der Waals surface area (Å²) in [5.41, 5.74) is 0. The molecule has 1 spiro atoms. The minimum absolute atomic E-state index is 0.185. The zero-order valence-electron chi connectivity index (χ0n) is 13.0. The largest absolute Gasteiger partial charge is 0.447 e. The first-order chi connectivity index (χ1) is 11.6. The summed E-state index contributed by atoms with van der Waals surface area (Å²) in [4.78, 5) is 4.25. The maximum Gasteiger partial charge on any atom is 0.266 e. The molecule has 1 fully saturated rings. The molecule has 1 aromatic carbocycles. The van der Waals surface area contributed by atoms with E-state index in [4.69, 9.17) is 9.47 Å². The van der Waals surface area contributed by atoms with E-state index < -0.39 is 15.8 Å². The van der Waals surface area contributed by atoms with Crippen LogP contribution in [0.3, 0.4) is 0 Å². The number of imidazole rings is 1. The van der Waals surface area contributed by atoms with Crippen molar-refractivity contribution in [3.05, 3.63) is 36.3 Å². The molecular formula is C16H17N3O4S. The Bertz CT molecular complexity index is 896. The van der Waals surface area contributed by atoms with Crippen LogP contribution in [0.5, 0.6) is 11.5 Å². The van der Waals surface area contributed by atoms with Crippen molar-refractivity contribution in [3.8, 4) is 11.5 Å². The van der Waals surface area contributed by atoms with Crippen molar-refractivity contribution in [1.29, 1.82) is 0 Å². The number of hydrogen-bond donors (Lipinski definition) is 0. The zero-order chi connectivity index (χ0) is 16.4. The maximum atomic E-state index is 13.0. The molecule has 0 aliphatic carbocycles. The van der Waals surface area contributed by atoms with E-state index in [1.165, 1.54) is 10.5 Å². The summed E-state index contributed by atoms with van der Waals surface area (Å²) in [6.07, 6.45) is 3.75. The van der Waals surface area contributed by atoms with Gasteiger partial charge in [-0.1, -0.05) is 12.1 Å². The summed E-state index contributed by atoms with van der Waals surface area (Å²) >= 11 is 0. The minimum atomic E-state index is -3.60. The third-order valence-electron chi connectivity index (χ3n) is 4.89. The Morgan fingerprint density at radius 2 is 1.88 bits per heavy atom. The van der Waals surface area contributed by atoms with Gasteiger partial charge in [-0.25, -0.2) is 13.4 Å². The Kier molecular flexibility index (Phi) is 2.82. The molecule has 24 heavy (non-hydrogen) atoms. The van der Waals surface area contributed by atoms with Crippen LogP contribution >= 0.6 is 0 Å². The molecule has 1 aromatic heterocycles. The fraction of sp³-hybridized carbons (Fsp3) is 0.438. The molecule has 0 amide bonds. The second-order valence-corrected chi connectivity index (χ2v) is 8.30. The quantitative estimate of drug-likeness (QED) is 0.821. The Morgan fingerprint density at radius 1 is 1.12 bits per heavy atom. The number of nitrogens with zero attached hydrogens (tertiary/aromatic N) is 3. The lowest BCUT2D eigenvalue weighted by atomic mass is 10.2. The molecule has 126 valence electrons. The Labute approximate surface area is 139 Å². The molecule has 3 aliphatic rings. The van der Waals surface area contributed by atoms with Crippen LogP contribution in [0.15, 0.2) is 35.5 Å². The van der Waals surface area contributed by atoms with Gasteiger partial charge in [0.1, 0.15) is 5.82 Å². The highest BCUT2D eigenvalue weighted by molar-refractivity contribution is 7.89. The second-order valence-electron chi connectivity index (χ2n) is 6.42. The summed E-state index contributed by atoms with van der Waals surface area (Å²) in [7, 11) is -3.60. The number of benzene rings is 1. The van der Waals surface area contributed by atoms with Crippen LogP contribution in [-0.2, 0) is 23.0 Å². The minimum Gasteiger partial charge on any atom is -0.447 e. The van der Waals surface area contributed by atoms with E-state index in [1.807, 2.05) is 28.8 Å². The summed E-state index contributed by atoms with van der Waals surface area (Å²) < 4.78 is 41.2. The van der Waals surface area contributed by atoms with E-state index in [9.17, 15) is 8.42 Å². The number of sulfonamides is 1. The first kappa shape index (κ1) is 14.3. The maximum absolute atomic E-state index is 13.0. The van der Waals surface area contributed by atoms with Crippen LogP contribution in [0.1, 0.15) is 18.7 Å². The van der Waals surface area contributed by atoms with Crippen LogP contribution in [0.4, 0.5) is 0 Å². The third kappa shape index (κ3) is 1.93. The summed E-state index contributed by atoms with van der Waals surface area (Å²) in [6.45, 7) is 1.27. The Balaban J connectivity index is 1.43. The summed E-state index contributed by atoms with van der Waals surface area (Å²) in [5.74, 6) is 1.28. The molecular weight excluding hydrogens is 330 g/mol. The van der Waals surface area contributed by atoms with Gasteiger partial charge in [-0.2, -0.15) is 4.31 Å². The van der Waals surface area contributed by atoms with Crippen LogP contribution in [-0.4, -0.2) is 41.2 Å². The van der Waals surface area contributed by atoms with Gasteiger partial charge in [-0.15, -0.1) is 0 Å². The molecule has 1 saturated heterocycles. The van der Waals surface area contributed by atoms with E-state index >= 15 is 0 Å². The van der Waals surface area contributed by atoms with E-state index in [-0.39, 0.29) is 11.6 Å². The lowest BCUT2D eigenvalue weighted by Gasteiger charge is -2.23. The van der Waals surface area contributed by atoms with Crippen molar-refractivity contribution in [2.75, 3.05) is 13.1 Å². The highest BCUT2D eigenvalue weighted by Crippen LogP contribution is 2.43. The molecule has 0 N–H and O–H groups in total. The van der Waals surface area contributed by atoms with Gasteiger partial charge in [0.25, 0.3) is 15.8 Å². The highest BCUT2D eigenvalue weighted by Gasteiger charge is 2.51. The van der Waals surface area contributed by atoms with Gasteiger partial charge in [0.05, 0.1) is 12.7 Å². The normalized spacial score (nSPS) is 21.5. The van der Waals surface area contributed by atoms with Crippen LogP contribution in [0.25, 0.3) is 0 Å². The molecule has 0 radical (unpaired) electrons. The smallest absolute Gasteiger partial charge is 0.266 e. The van der Waals surface area contributed by atoms with Gasteiger partial charge in [-0.3, -0.25) is 0 Å². The third-order valence-corrected chi connectivity index (χ3v) is 6.73. The highest BCUT2D eigenvalue weighted by atomic mass is 32.2. The lowest BCUT2D eigenvalue weighted by molar-refractivity contribution is -0.0633. The second kappa shape index (κ2) is 4.73. The average molecular weight is 347 g/mol. The summed E-state index contributed by atoms with van der Waals surface area (Å²) in [6, 6.07) is 7.43. The fourth-order valence-electron chi connectivity index (χ4n) is 3.70. The first-order valence-electron chi connectivity index (χ1n) is 8.09. The molecule has 0 atom stereocenters. The van der Waals surface area contributed by atoms with Crippen molar-refractivity contribution < 1.29 is 17.9 Å². The van der Waals surface area contributed by atoms with Gasteiger partial charge in [0, 0.05) is 25.9 Å². The fourth-order valence-corrected chi connectivity index (χ4v) is 5.33. The van der Waals surface area contributed by atoms with Gasteiger partial charge >= 0.3 is 0 Å². The van der Waals surface area contributed by atoms with Crippen molar-refractivity contribution in [1.82, 2.24) is 13.9 Å². The van der Waals surface area contributed by atoms with Crippen molar-refractivity contribution in [2.24, 2.45) is 0 Å². The molecule has 0 bridgehead atoms. The van der Waals surface area contributed by atoms with E-state index in [1.54, 1.807) is 0 Å². The number of fused-ring (bicyclic) bond motifs is 2. The van der Waals surface area contributed by atoms with Crippen molar-refractivity contribution in [2.45, 2.75) is 36.6 Å². The van der Waals surface area contributed by atoms with E-state index in [2.05, 4.69) is 4.98 Å². The topological polar surface area (TPSA) is 73.7 Å². The van der Waals surface area contributed by atoms with Gasteiger partial charge in [0.15, 0.2) is 16.5 Å². The molecule has 3 aliphatic heterocycles. The summed E-state index contributed by atoms with van der Waals surface area (Å²) in [5, 5.41) is 0.280. The van der Waals surface area contributed by atoms with E-state index in [0.29, 0.717) is 31.0 Å². The van der Waals surface area contributed by atoms with Gasteiger partial charge in [-0.05, 0) is 18.6 Å². The van der Waals surface area contributed by atoms with Crippen LogP contribution in [0, 0.1) is 0 Å². The first-order valence-corrected chi connectivity index (χ1v) is 9.53. The Morgan fingerprint density at radius 3 is 2.62 bits per heavy atom. The number of aromatic nitrogens is 2. The zero-order valence-corrected chi connectivity index (χ0v) is 13.8. The number of para-hydroxylation sites is 2. The number of hydrogen-bond acceptors (Lipinski definition) is 5.